The monoisotopic (exact) mass is 489 g/mol. The summed E-state index contributed by atoms with van der Waals surface area (Å²) in [4.78, 5) is 54.4. The highest BCUT2D eigenvalue weighted by molar-refractivity contribution is 5.95. The van der Waals surface area contributed by atoms with Gasteiger partial charge in [-0.15, -0.1) is 0 Å². The van der Waals surface area contributed by atoms with E-state index in [1.165, 1.54) is 4.90 Å². The molecule has 2 aliphatic carbocycles. The molecule has 0 atom stereocenters. The van der Waals surface area contributed by atoms with Crippen molar-refractivity contribution in [2.45, 2.75) is 33.1 Å². The molecule has 2 amide bonds. The van der Waals surface area contributed by atoms with Crippen molar-refractivity contribution in [1.82, 2.24) is 10.4 Å². The van der Waals surface area contributed by atoms with Crippen molar-refractivity contribution in [3.05, 3.63) is 29.8 Å². The van der Waals surface area contributed by atoms with Crippen LogP contribution in [0.1, 0.15) is 32.3 Å². The van der Waals surface area contributed by atoms with Crippen molar-refractivity contribution in [2.75, 3.05) is 32.0 Å². The molecule has 1 aliphatic heterocycles. The molecule has 1 saturated heterocycles. The van der Waals surface area contributed by atoms with Gasteiger partial charge in [0, 0.05) is 24.2 Å². The molecule has 0 aromatic carbocycles. The number of amides is 2. The summed E-state index contributed by atoms with van der Waals surface area (Å²) in [5.41, 5.74) is 9.35. The van der Waals surface area contributed by atoms with Crippen LogP contribution >= 0.6 is 0 Å². The average Bonchev–Trinajstić information content (AvgIpc) is 3.37. The number of hydrogen-bond donors (Lipinski definition) is 2. The normalized spacial score (nSPS) is 12.7. The summed E-state index contributed by atoms with van der Waals surface area (Å²) in [5, 5.41) is 0. The topological polar surface area (TPSA) is 156 Å². The minimum absolute atomic E-state index is 0.0658. The summed E-state index contributed by atoms with van der Waals surface area (Å²) >= 11 is 0. The van der Waals surface area contributed by atoms with Gasteiger partial charge in [-0.05, 0) is 32.3 Å². The molecule has 12 nitrogen and oxygen atoms in total. The third kappa shape index (κ3) is 6.43. The van der Waals surface area contributed by atoms with Gasteiger partial charge in [-0.25, -0.2) is 14.4 Å². The highest BCUT2D eigenvalue weighted by Gasteiger charge is 2.28. The molecular weight excluding hydrogens is 462 g/mol. The highest BCUT2D eigenvalue weighted by atomic mass is 16.7. The molecule has 0 unspecified atom stereocenters. The number of hydrogen-bond acceptors (Lipinski definition) is 10. The van der Waals surface area contributed by atoms with Crippen LogP contribution in [-0.4, -0.2) is 55.5 Å². The van der Waals surface area contributed by atoms with Crippen LogP contribution in [0.25, 0.3) is 11.1 Å². The minimum Gasteiger partial charge on any atom is -0.434 e. The maximum absolute atomic E-state index is 12.3. The van der Waals surface area contributed by atoms with Crippen molar-refractivity contribution in [3.63, 3.8) is 0 Å². The molecule has 0 spiro atoms. The number of nitrogen functional groups attached to an aromatic ring is 1. The van der Waals surface area contributed by atoms with E-state index in [9.17, 15) is 19.2 Å². The Hall–Kier alpha value is -4.22. The number of hydroxylamine groups is 1. The van der Waals surface area contributed by atoms with Gasteiger partial charge in [0.2, 0.25) is 0 Å². The first kappa shape index (κ1) is 25.4. The van der Waals surface area contributed by atoms with E-state index >= 15 is 0 Å². The lowest BCUT2D eigenvalue weighted by Crippen LogP contribution is -2.36. The van der Waals surface area contributed by atoms with Gasteiger partial charge in [-0.3, -0.25) is 4.79 Å². The molecule has 0 radical (unpaired) electrons. The fourth-order valence-corrected chi connectivity index (χ4v) is 3.49. The summed E-state index contributed by atoms with van der Waals surface area (Å²) in [6, 6.07) is 6.29. The first-order valence-corrected chi connectivity index (χ1v) is 11.1. The van der Waals surface area contributed by atoms with E-state index in [4.69, 9.17) is 29.5 Å². The summed E-state index contributed by atoms with van der Waals surface area (Å²) in [6.45, 7) is 4.58. The quantitative estimate of drug-likeness (QED) is 0.351. The zero-order valence-corrected chi connectivity index (χ0v) is 19.5. The molecule has 188 valence electrons. The Kier molecular flexibility index (Phi) is 8.54. The number of nitrogens with one attached hydrogen (secondary N) is 1. The van der Waals surface area contributed by atoms with Crippen molar-refractivity contribution < 1.29 is 43.0 Å². The molecule has 0 aromatic heterocycles. The molecular formula is C23H27N3O9. The van der Waals surface area contributed by atoms with Gasteiger partial charge in [-0.2, -0.15) is 5.48 Å². The molecule has 35 heavy (non-hydrogen) atoms. The molecule has 1 fully saturated rings. The van der Waals surface area contributed by atoms with Crippen LogP contribution < -0.4 is 20.7 Å². The molecule has 1 heterocycles. The Bertz CT molecular complexity index is 1010. The van der Waals surface area contributed by atoms with E-state index in [-0.39, 0.29) is 36.8 Å². The minimum atomic E-state index is -0.986. The Balaban J connectivity index is 1.81. The van der Waals surface area contributed by atoms with E-state index in [0.717, 1.165) is 12.8 Å². The molecule has 3 N–H and O–H groups in total. The largest absolute Gasteiger partial charge is 0.513 e. The number of rotatable bonds is 6. The van der Waals surface area contributed by atoms with Crippen LogP contribution in [0.5, 0.6) is 11.5 Å². The number of nitrogens with zero attached hydrogens (tertiary/aromatic N) is 1. The van der Waals surface area contributed by atoms with Crippen LogP contribution in [0.2, 0.25) is 0 Å². The van der Waals surface area contributed by atoms with Crippen LogP contribution in [0, 0.1) is 0 Å². The van der Waals surface area contributed by atoms with Crippen molar-refractivity contribution in [3.8, 4) is 22.6 Å². The fraction of sp³-hybridized carbons (Fsp3) is 0.391. The van der Waals surface area contributed by atoms with Gasteiger partial charge in [-0.1, -0.05) is 24.3 Å². The van der Waals surface area contributed by atoms with Crippen LogP contribution in [0.15, 0.2) is 24.3 Å². The molecule has 0 aromatic rings. The first-order valence-electron chi connectivity index (χ1n) is 11.1. The Morgan fingerprint density at radius 3 is 1.89 bits per heavy atom. The lowest BCUT2D eigenvalue weighted by Gasteiger charge is -2.14. The maximum Gasteiger partial charge on any atom is 0.513 e. The second kappa shape index (κ2) is 11.8. The molecule has 12 heteroatoms. The van der Waals surface area contributed by atoms with Crippen molar-refractivity contribution in [1.29, 1.82) is 0 Å². The van der Waals surface area contributed by atoms with Crippen molar-refractivity contribution >= 4 is 30.0 Å². The lowest BCUT2D eigenvalue weighted by atomic mass is 10.2. The van der Waals surface area contributed by atoms with Gasteiger partial charge >= 0.3 is 18.4 Å². The number of anilines is 1. The summed E-state index contributed by atoms with van der Waals surface area (Å²) < 4.78 is 20.1. The maximum atomic E-state index is 12.3. The Morgan fingerprint density at radius 2 is 1.40 bits per heavy atom. The van der Waals surface area contributed by atoms with Gasteiger partial charge in [0.15, 0.2) is 11.5 Å². The van der Waals surface area contributed by atoms with Gasteiger partial charge in [0.25, 0.3) is 5.91 Å². The third-order valence-corrected chi connectivity index (χ3v) is 5.07. The molecule has 0 bridgehead atoms. The van der Waals surface area contributed by atoms with Gasteiger partial charge in [0.05, 0.1) is 19.6 Å². The van der Waals surface area contributed by atoms with Gasteiger partial charge in [0.1, 0.15) is 5.69 Å². The SMILES string of the molecule is CCOC(=O)Oc1c2ccc(CC(=O)NOC(=O)N3CCCC3)ccc-2c(OC(=O)OCC)c1N. The second-order valence-corrected chi connectivity index (χ2v) is 7.48. The third-order valence-electron chi connectivity index (χ3n) is 5.07. The number of likely N-dealkylation sites (tertiary alicyclic amines) is 1. The molecule has 3 rings (SSSR count). The summed E-state index contributed by atoms with van der Waals surface area (Å²) in [6.07, 6.45) is -0.908. The number of carbonyl (C=O) groups is 4. The average molecular weight is 489 g/mol. The van der Waals surface area contributed by atoms with E-state index < -0.39 is 24.3 Å². The van der Waals surface area contributed by atoms with Crippen molar-refractivity contribution in [2.24, 2.45) is 0 Å². The second-order valence-electron chi connectivity index (χ2n) is 7.48. The summed E-state index contributed by atoms with van der Waals surface area (Å²) in [7, 11) is 0. The van der Waals surface area contributed by atoms with Gasteiger partial charge < -0.3 is 34.4 Å². The zero-order valence-electron chi connectivity index (χ0n) is 19.5. The standard InChI is InChI=1S/C23H27N3O9/c1-3-31-22(29)33-19-15-9-7-14(13-17(27)25-35-21(28)26-11-5-6-12-26)8-10-16(15)20(18(19)24)34-23(30)32-4-2/h7-10H,3-6,11-13,24H2,1-2H3,(H,25,27). The number of nitrogens with two attached hydrogens (primary N) is 1. The molecule has 0 saturated carbocycles. The first-order chi connectivity index (χ1) is 16.8. The van der Waals surface area contributed by atoms with E-state index in [1.807, 2.05) is 0 Å². The van der Waals surface area contributed by atoms with Crippen LogP contribution in [-0.2, 0) is 25.5 Å². The smallest absolute Gasteiger partial charge is 0.434 e. The Labute approximate surface area is 201 Å². The lowest BCUT2D eigenvalue weighted by molar-refractivity contribution is -0.129. The predicted octanol–water partition coefficient (Wildman–Crippen LogP) is 3.25. The Morgan fingerprint density at radius 1 is 0.886 bits per heavy atom. The molecule has 3 aliphatic rings. The van der Waals surface area contributed by atoms with Crippen LogP contribution in [0.4, 0.5) is 20.1 Å². The number of fused-ring (bicyclic) bond motifs is 1. The number of ether oxygens (including phenoxy) is 4. The predicted molar refractivity (Wildman–Crippen MR) is 122 cm³/mol. The van der Waals surface area contributed by atoms with E-state index in [2.05, 4.69) is 5.48 Å². The zero-order chi connectivity index (χ0) is 25.4. The van der Waals surface area contributed by atoms with Crippen LogP contribution in [0.3, 0.4) is 0 Å². The summed E-state index contributed by atoms with van der Waals surface area (Å²) in [5.74, 6) is -0.679. The highest BCUT2D eigenvalue weighted by Crippen LogP contribution is 2.50. The number of carbonyl (C=O) groups excluding carboxylic acids is 4. The fourth-order valence-electron chi connectivity index (χ4n) is 3.49. The van der Waals surface area contributed by atoms with E-state index in [0.29, 0.717) is 29.8 Å². The van der Waals surface area contributed by atoms with E-state index in [1.54, 1.807) is 38.1 Å².